The van der Waals surface area contributed by atoms with Crippen molar-refractivity contribution in [1.29, 1.82) is 5.26 Å². The Morgan fingerprint density at radius 2 is 2.31 bits per heavy atom. The minimum Gasteiger partial charge on any atom is -0.491 e. The number of benzene rings is 1. The van der Waals surface area contributed by atoms with E-state index in [1.165, 1.54) is 0 Å². The summed E-state index contributed by atoms with van der Waals surface area (Å²) < 4.78 is 5.27. The maximum absolute atomic E-state index is 11.4. The Morgan fingerprint density at radius 1 is 1.46 bits per heavy atom. The van der Waals surface area contributed by atoms with Crippen LogP contribution in [-0.4, -0.2) is 12.4 Å². The van der Waals surface area contributed by atoms with E-state index in [-0.39, 0.29) is 5.78 Å². The van der Waals surface area contributed by atoms with Gasteiger partial charge in [0.25, 0.3) is 0 Å². The highest BCUT2D eigenvalue weighted by atomic mass is 16.5. The number of Topliss-reactive ketones (excluding diaryl/α,β-unsaturated/α-hetero) is 1. The van der Waals surface area contributed by atoms with Crippen molar-refractivity contribution in [2.45, 2.75) is 6.42 Å². The van der Waals surface area contributed by atoms with E-state index in [0.29, 0.717) is 29.9 Å². The summed E-state index contributed by atoms with van der Waals surface area (Å²) in [5.74, 6) is 0.500. The first kappa shape index (κ1) is 7.81. The molecule has 0 saturated heterocycles. The molecule has 3 nitrogen and oxygen atoms in total. The van der Waals surface area contributed by atoms with Crippen molar-refractivity contribution in [1.82, 2.24) is 0 Å². The second-order valence-corrected chi connectivity index (χ2v) is 2.82. The Hall–Kier alpha value is -1.82. The molecule has 1 aromatic carbocycles. The van der Waals surface area contributed by atoms with Crippen LogP contribution in [0.25, 0.3) is 0 Å². The van der Waals surface area contributed by atoms with E-state index in [9.17, 15) is 4.79 Å². The lowest BCUT2D eigenvalue weighted by molar-refractivity contribution is 0.0933. The molecule has 3 heteroatoms. The van der Waals surface area contributed by atoms with Gasteiger partial charge in [-0.2, -0.15) is 5.26 Å². The van der Waals surface area contributed by atoms with Crippen molar-refractivity contribution in [3.63, 3.8) is 0 Å². The highest BCUT2D eigenvalue weighted by Gasteiger charge is 2.20. The van der Waals surface area contributed by atoms with E-state index >= 15 is 0 Å². The summed E-state index contributed by atoms with van der Waals surface area (Å²) in [6, 6.07) is 7.04. The van der Waals surface area contributed by atoms with Gasteiger partial charge in [0.1, 0.15) is 11.8 Å². The fourth-order valence-electron chi connectivity index (χ4n) is 1.38. The number of ketones is 1. The monoisotopic (exact) mass is 173 g/mol. The number of nitriles is 1. The van der Waals surface area contributed by atoms with Gasteiger partial charge < -0.3 is 4.74 Å². The number of para-hydroxylation sites is 1. The molecule has 0 N–H and O–H groups in total. The molecule has 1 heterocycles. The number of hydrogen-bond donors (Lipinski definition) is 0. The second kappa shape index (κ2) is 2.91. The van der Waals surface area contributed by atoms with Crippen LogP contribution in [0.4, 0.5) is 0 Å². The Morgan fingerprint density at radius 3 is 3.08 bits per heavy atom. The average molecular weight is 173 g/mol. The predicted octanol–water partition coefficient (Wildman–Crippen LogP) is 1.52. The van der Waals surface area contributed by atoms with Gasteiger partial charge in [0.15, 0.2) is 5.78 Å². The predicted molar refractivity (Wildman–Crippen MR) is 45.6 cm³/mol. The van der Waals surface area contributed by atoms with Crippen molar-refractivity contribution in [2.24, 2.45) is 0 Å². The van der Waals surface area contributed by atoms with Gasteiger partial charge in [0.05, 0.1) is 17.7 Å². The first-order valence-corrected chi connectivity index (χ1v) is 4.02. The van der Waals surface area contributed by atoms with E-state index in [2.05, 4.69) is 0 Å². The average Bonchev–Trinajstić information content (AvgIpc) is 2.18. The number of fused-ring (bicyclic) bond motifs is 1. The molecule has 0 spiro atoms. The third-order valence-corrected chi connectivity index (χ3v) is 2.01. The molecule has 1 aliphatic rings. The van der Waals surface area contributed by atoms with Crippen LogP contribution >= 0.6 is 0 Å². The van der Waals surface area contributed by atoms with E-state index in [4.69, 9.17) is 10.00 Å². The Kier molecular flexibility index (Phi) is 1.75. The molecule has 0 bridgehead atoms. The highest BCUT2D eigenvalue weighted by Crippen LogP contribution is 2.27. The summed E-state index contributed by atoms with van der Waals surface area (Å²) in [5, 5.41) is 8.74. The molecular formula is C10H7NO2. The summed E-state index contributed by atoms with van der Waals surface area (Å²) in [7, 11) is 0. The second-order valence-electron chi connectivity index (χ2n) is 2.82. The lowest BCUT2D eigenvalue weighted by Gasteiger charge is -2.16. The molecule has 13 heavy (non-hydrogen) atoms. The lowest BCUT2D eigenvalue weighted by Crippen LogP contribution is -2.15. The first-order chi connectivity index (χ1) is 6.33. The molecule has 0 aromatic heterocycles. The Bertz CT molecular complexity index is 404. The van der Waals surface area contributed by atoms with E-state index in [0.717, 1.165) is 0 Å². The minimum atomic E-state index is 0.0540. The van der Waals surface area contributed by atoms with Crippen LogP contribution < -0.4 is 4.74 Å². The molecule has 0 saturated carbocycles. The van der Waals surface area contributed by atoms with Crippen molar-refractivity contribution in [3.05, 3.63) is 29.3 Å². The van der Waals surface area contributed by atoms with Crippen LogP contribution in [0.2, 0.25) is 0 Å². The zero-order chi connectivity index (χ0) is 9.26. The van der Waals surface area contributed by atoms with Crippen LogP contribution in [0.1, 0.15) is 22.3 Å². The van der Waals surface area contributed by atoms with E-state index in [1.807, 2.05) is 6.07 Å². The number of carbonyl (C=O) groups is 1. The molecule has 1 aromatic rings. The van der Waals surface area contributed by atoms with Crippen LogP contribution in [-0.2, 0) is 0 Å². The van der Waals surface area contributed by atoms with Gasteiger partial charge in [-0.25, -0.2) is 0 Å². The molecule has 0 aliphatic carbocycles. The van der Waals surface area contributed by atoms with Gasteiger partial charge in [0, 0.05) is 6.42 Å². The van der Waals surface area contributed by atoms with Gasteiger partial charge in [-0.1, -0.05) is 6.07 Å². The van der Waals surface area contributed by atoms with Crippen LogP contribution in [0.3, 0.4) is 0 Å². The largest absolute Gasteiger partial charge is 0.491 e. The number of hydrogen-bond acceptors (Lipinski definition) is 3. The third-order valence-electron chi connectivity index (χ3n) is 2.01. The van der Waals surface area contributed by atoms with Crippen LogP contribution in [0.5, 0.6) is 5.75 Å². The quantitative estimate of drug-likeness (QED) is 0.597. The number of rotatable bonds is 0. The number of ether oxygens (including phenoxy) is 1. The molecule has 0 atom stereocenters. The van der Waals surface area contributed by atoms with Crippen molar-refractivity contribution >= 4 is 5.78 Å². The van der Waals surface area contributed by atoms with E-state index < -0.39 is 0 Å². The number of nitrogens with zero attached hydrogens (tertiary/aromatic N) is 1. The Labute approximate surface area is 75.6 Å². The molecule has 0 radical (unpaired) electrons. The molecular weight excluding hydrogens is 166 g/mol. The van der Waals surface area contributed by atoms with Gasteiger partial charge in [-0.15, -0.1) is 0 Å². The summed E-state index contributed by atoms with van der Waals surface area (Å²) in [5.41, 5.74) is 0.968. The zero-order valence-corrected chi connectivity index (χ0v) is 6.91. The fourth-order valence-corrected chi connectivity index (χ4v) is 1.38. The molecule has 0 unspecified atom stereocenters. The zero-order valence-electron chi connectivity index (χ0n) is 6.91. The highest BCUT2D eigenvalue weighted by molar-refractivity contribution is 6.00. The lowest BCUT2D eigenvalue weighted by atomic mass is 10.0. The first-order valence-electron chi connectivity index (χ1n) is 4.02. The summed E-state index contributed by atoms with van der Waals surface area (Å²) in [4.78, 5) is 11.4. The molecule has 1 aliphatic heterocycles. The Balaban J connectivity index is 2.63. The van der Waals surface area contributed by atoms with Crippen molar-refractivity contribution in [3.8, 4) is 11.8 Å². The smallest absolute Gasteiger partial charge is 0.170 e. The van der Waals surface area contributed by atoms with Crippen LogP contribution in [0.15, 0.2) is 18.2 Å². The normalized spacial score (nSPS) is 14.2. The fraction of sp³-hybridized carbons (Fsp3) is 0.200. The minimum absolute atomic E-state index is 0.0540. The summed E-state index contributed by atoms with van der Waals surface area (Å²) in [6.45, 7) is 0.379. The van der Waals surface area contributed by atoms with Crippen molar-refractivity contribution in [2.75, 3.05) is 6.61 Å². The van der Waals surface area contributed by atoms with E-state index in [1.54, 1.807) is 18.2 Å². The van der Waals surface area contributed by atoms with Gasteiger partial charge in [0.2, 0.25) is 0 Å². The molecule has 0 amide bonds. The topological polar surface area (TPSA) is 50.1 Å². The van der Waals surface area contributed by atoms with Crippen molar-refractivity contribution < 1.29 is 9.53 Å². The molecule has 64 valence electrons. The van der Waals surface area contributed by atoms with Gasteiger partial charge in [-0.3, -0.25) is 4.79 Å². The SMILES string of the molecule is N#Cc1cccc2c1OCCC2=O. The maximum atomic E-state index is 11.4. The number of carbonyl (C=O) groups excluding carboxylic acids is 1. The van der Waals surface area contributed by atoms with Gasteiger partial charge >= 0.3 is 0 Å². The molecule has 0 fully saturated rings. The standard InChI is InChI=1S/C10H7NO2/c11-6-7-2-1-3-8-9(12)4-5-13-10(7)8/h1-3H,4-5H2. The third kappa shape index (κ3) is 1.17. The van der Waals surface area contributed by atoms with Crippen LogP contribution in [0, 0.1) is 11.3 Å². The molecule has 2 rings (SSSR count). The maximum Gasteiger partial charge on any atom is 0.170 e. The summed E-state index contributed by atoms with van der Waals surface area (Å²) in [6.07, 6.45) is 0.405. The van der Waals surface area contributed by atoms with Gasteiger partial charge in [-0.05, 0) is 12.1 Å². The summed E-state index contributed by atoms with van der Waals surface area (Å²) >= 11 is 0.